The lowest BCUT2D eigenvalue weighted by atomic mass is 10.1. The van der Waals surface area contributed by atoms with Crippen molar-refractivity contribution in [3.63, 3.8) is 0 Å². The molecule has 0 N–H and O–H groups in total. The van der Waals surface area contributed by atoms with E-state index in [9.17, 15) is 0 Å². The van der Waals surface area contributed by atoms with E-state index < -0.39 is 15.2 Å². The lowest BCUT2D eigenvalue weighted by molar-refractivity contribution is 0.827. The van der Waals surface area contributed by atoms with Crippen LogP contribution in [0.5, 0.6) is 0 Å². The molecule has 5 aromatic rings. The summed E-state index contributed by atoms with van der Waals surface area (Å²) in [6.07, 6.45) is 3.68. The smallest absolute Gasteiger partial charge is 0.0791 e. The fourth-order valence-electron chi connectivity index (χ4n) is 5.25. The van der Waals surface area contributed by atoms with Gasteiger partial charge in [-0.05, 0) is 36.2 Å². The van der Waals surface area contributed by atoms with E-state index >= 15 is 0 Å². The summed E-state index contributed by atoms with van der Waals surface area (Å²) in [6.45, 7) is 13.2. The van der Waals surface area contributed by atoms with Crippen LogP contribution in [0.25, 0.3) is 21.8 Å². The monoisotopic (exact) mass is 517 g/mol. The van der Waals surface area contributed by atoms with E-state index in [0.29, 0.717) is 0 Å². The topological polar surface area (TPSA) is 29.6 Å². The summed E-state index contributed by atoms with van der Waals surface area (Å²) < 4.78 is 2.36. The number of fused-ring (bicyclic) bond motifs is 3. The van der Waals surface area contributed by atoms with Crippen LogP contribution in [0.4, 0.5) is 0 Å². The molecule has 0 aliphatic rings. The molecule has 0 radical (unpaired) electrons. The molecule has 0 atom stereocenters. The van der Waals surface area contributed by atoms with Crippen LogP contribution in [0.1, 0.15) is 18.1 Å². The Hall–Kier alpha value is -3.55. The molecule has 4 aromatic carbocycles. The molecule has 5 rings (SSSR count). The van der Waals surface area contributed by atoms with E-state index in [1.54, 1.807) is 5.19 Å². The molecule has 0 amide bonds. The van der Waals surface area contributed by atoms with Crippen molar-refractivity contribution < 1.29 is 0 Å². The minimum atomic E-state index is -1.63. The summed E-state index contributed by atoms with van der Waals surface area (Å²) in [7, 11) is -3.23. The highest BCUT2D eigenvalue weighted by molar-refractivity contribution is 7.49. The molecule has 186 valence electrons. The number of hydrogen-bond donors (Lipinski definition) is 0. The fraction of sp³-hybridized carbons (Fsp3) is 0.188. The van der Waals surface area contributed by atoms with Crippen LogP contribution in [0, 0.1) is 0 Å². The van der Waals surface area contributed by atoms with E-state index in [4.69, 9.17) is 0 Å². The van der Waals surface area contributed by atoms with Gasteiger partial charge in [-0.25, -0.2) is 0 Å². The van der Waals surface area contributed by atoms with Crippen LogP contribution >= 0.6 is 0 Å². The van der Waals surface area contributed by atoms with E-state index in [2.05, 4.69) is 145 Å². The van der Waals surface area contributed by atoms with Gasteiger partial charge in [0.05, 0.1) is 27.6 Å². The summed E-state index contributed by atoms with van der Waals surface area (Å²) >= 11 is 0. The minimum absolute atomic E-state index is 0.951. The van der Waals surface area contributed by atoms with Crippen LogP contribution in [0.15, 0.2) is 107 Å². The molecule has 1 aromatic heterocycles. The SMILES string of the molecule is CCn1c2ccccc2c2cc(/C=N\N=C\c3ccc([Si](C)(C)[Si](C)(C)c4ccccc4)cc3)ccc21. The summed E-state index contributed by atoms with van der Waals surface area (Å²) in [6, 6.07) is 35.2. The molecule has 37 heavy (non-hydrogen) atoms. The highest BCUT2D eigenvalue weighted by Gasteiger charge is 2.43. The summed E-state index contributed by atoms with van der Waals surface area (Å²) in [4.78, 5) is 0. The van der Waals surface area contributed by atoms with E-state index in [-0.39, 0.29) is 0 Å². The van der Waals surface area contributed by atoms with Gasteiger partial charge in [0.15, 0.2) is 0 Å². The normalized spacial score (nSPS) is 12.9. The first-order valence-electron chi connectivity index (χ1n) is 13.1. The second-order valence-electron chi connectivity index (χ2n) is 10.8. The van der Waals surface area contributed by atoms with Gasteiger partial charge in [0.25, 0.3) is 0 Å². The van der Waals surface area contributed by atoms with Crippen molar-refractivity contribution in [3.05, 3.63) is 108 Å². The van der Waals surface area contributed by atoms with Crippen molar-refractivity contribution in [1.29, 1.82) is 0 Å². The highest BCUT2D eigenvalue weighted by atomic mass is 29.3. The maximum Gasteiger partial charge on any atom is 0.0791 e. The molecule has 0 aliphatic heterocycles. The zero-order chi connectivity index (χ0) is 26.0. The zero-order valence-corrected chi connectivity index (χ0v) is 24.4. The lowest BCUT2D eigenvalue weighted by Crippen LogP contribution is -2.69. The second-order valence-corrected chi connectivity index (χ2v) is 25.9. The third-order valence-electron chi connectivity index (χ3n) is 8.28. The Morgan fingerprint density at radius 1 is 0.595 bits per heavy atom. The molecule has 0 saturated carbocycles. The predicted molar refractivity (Wildman–Crippen MR) is 167 cm³/mol. The van der Waals surface area contributed by atoms with Crippen LogP contribution in [0.3, 0.4) is 0 Å². The van der Waals surface area contributed by atoms with Gasteiger partial charge in [0.2, 0.25) is 0 Å². The summed E-state index contributed by atoms with van der Waals surface area (Å²) in [5.74, 6) is 0. The van der Waals surface area contributed by atoms with E-state index in [1.165, 1.54) is 27.0 Å². The van der Waals surface area contributed by atoms with Gasteiger partial charge in [-0.1, -0.05) is 115 Å². The average Bonchev–Trinajstić information content (AvgIpc) is 3.24. The first kappa shape index (κ1) is 25.1. The van der Waals surface area contributed by atoms with Crippen molar-refractivity contribution in [1.82, 2.24) is 4.57 Å². The van der Waals surface area contributed by atoms with Crippen molar-refractivity contribution >= 4 is 59.8 Å². The molecule has 5 heteroatoms. The van der Waals surface area contributed by atoms with Crippen LogP contribution < -0.4 is 10.4 Å². The third-order valence-corrected chi connectivity index (χ3v) is 26.1. The molecule has 0 spiro atoms. The average molecular weight is 518 g/mol. The van der Waals surface area contributed by atoms with Crippen molar-refractivity contribution in [2.24, 2.45) is 10.2 Å². The zero-order valence-electron chi connectivity index (χ0n) is 22.4. The maximum atomic E-state index is 4.35. The molecule has 3 nitrogen and oxygen atoms in total. The number of para-hydroxylation sites is 1. The number of aryl methyl sites for hydroxylation is 1. The van der Waals surface area contributed by atoms with Crippen LogP contribution in [0.2, 0.25) is 26.2 Å². The largest absolute Gasteiger partial charge is 0.341 e. The summed E-state index contributed by atoms with van der Waals surface area (Å²) in [5.41, 5.74) is 4.66. The van der Waals surface area contributed by atoms with Crippen LogP contribution in [-0.2, 0) is 6.54 Å². The Morgan fingerprint density at radius 2 is 1.14 bits per heavy atom. The molecular formula is C32H35N3Si2. The highest BCUT2D eigenvalue weighted by Crippen LogP contribution is 2.29. The number of nitrogens with zero attached hydrogens (tertiary/aromatic N) is 3. The van der Waals surface area contributed by atoms with Gasteiger partial charge >= 0.3 is 0 Å². The quantitative estimate of drug-likeness (QED) is 0.128. The van der Waals surface area contributed by atoms with Crippen molar-refractivity contribution in [3.8, 4) is 0 Å². The first-order chi connectivity index (χ1) is 17.8. The predicted octanol–water partition coefficient (Wildman–Crippen LogP) is 6.88. The minimum Gasteiger partial charge on any atom is -0.341 e. The lowest BCUT2D eigenvalue weighted by Gasteiger charge is -2.39. The van der Waals surface area contributed by atoms with Crippen LogP contribution in [-0.4, -0.2) is 32.2 Å². The molecule has 0 fully saturated rings. The van der Waals surface area contributed by atoms with Gasteiger partial charge in [-0.3, -0.25) is 0 Å². The Morgan fingerprint density at radius 3 is 1.81 bits per heavy atom. The standard InChI is InChI=1S/C32H35N3Si2/c1-6-35-31-15-11-10-14-29(31)30-22-26(18-21-32(30)35)24-34-33-23-25-16-19-28(20-17-25)37(4,5)36(2,3)27-12-8-7-9-13-27/h7-24H,6H2,1-5H3/b33-23+,34-24-. The fourth-order valence-corrected chi connectivity index (χ4v) is 14.1. The number of rotatable bonds is 7. The molecule has 0 saturated heterocycles. The van der Waals surface area contributed by atoms with E-state index in [1.807, 2.05) is 12.4 Å². The Bertz CT molecular complexity index is 1590. The molecule has 1 heterocycles. The first-order valence-corrected chi connectivity index (χ1v) is 20.1. The van der Waals surface area contributed by atoms with Gasteiger partial charge in [-0.2, -0.15) is 10.2 Å². The van der Waals surface area contributed by atoms with Gasteiger partial charge in [-0.15, -0.1) is 0 Å². The molecule has 0 unspecified atom stereocenters. The number of aromatic nitrogens is 1. The van der Waals surface area contributed by atoms with Crippen molar-refractivity contribution in [2.75, 3.05) is 0 Å². The number of hydrogen-bond acceptors (Lipinski definition) is 2. The Labute approximate surface area is 222 Å². The Balaban J connectivity index is 1.33. The van der Waals surface area contributed by atoms with Gasteiger partial charge < -0.3 is 4.57 Å². The maximum absolute atomic E-state index is 4.35. The molecular weight excluding hydrogens is 483 g/mol. The second kappa shape index (κ2) is 10.1. The molecule has 0 bridgehead atoms. The summed E-state index contributed by atoms with van der Waals surface area (Å²) in [5, 5.41) is 14.3. The number of benzene rings is 4. The third kappa shape index (κ3) is 4.65. The molecule has 0 aliphatic carbocycles. The van der Waals surface area contributed by atoms with Gasteiger partial charge in [0.1, 0.15) is 0 Å². The Kier molecular flexibility index (Phi) is 6.84. The van der Waals surface area contributed by atoms with Gasteiger partial charge in [0, 0.05) is 28.4 Å². The van der Waals surface area contributed by atoms with Crippen molar-refractivity contribution in [2.45, 2.75) is 39.7 Å². The van der Waals surface area contributed by atoms with E-state index in [0.717, 1.165) is 17.7 Å².